The maximum atomic E-state index is 10.3. The summed E-state index contributed by atoms with van der Waals surface area (Å²) in [6.07, 6.45) is 3.70. The van der Waals surface area contributed by atoms with Gasteiger partial charge in [0.05, 0.1) is 24.2 Å². The highest BCUT2D eigenvalue weighted by Gasteiger charge is 2.25. The first-order valence-electron chi connectivity index (χ1n) is 10.8. The molecular formula is C24H26N4O4. The molecule has 0 amide bonds. The van der Waals surface area contributed by atoms with Crippen molar-refractivity contribution in [3.63, 3.8) is 0 Å². The smallest absolute Gasteiger partial charge is 0.146 e. The summed E-state index contributed by atoms with van der Waals surface area (Å²) in [5.74, 6) is 1.42. The van der Waals surface area contributed by atoms with Gasteiger partial charge in [-0.1, -0.05) is 18.2 Å². The Kier molecular flexibility index (Phi) is 5.89. The first kappa shape index (κ1) is 20.7. The van der Waals surface area contributed by atoms with Gasteiger partial charge >= 0.3 is 0 Å². The Morgan fingerprint density at radius 2 is 2.12 bits per heavy atom. The molecule has 8 nitrogen and oxygen atoms in total. The number of β-amino-alcohol motifs (C(OH)–C–C–N with tert-alkyl or cyclic N) is 1. The maximum Gasteiger partial charge on any atom is 0.146 e. The number of rotatable bonds is 7. The number of piperidine rings is 1. The molecule has 8 heteroatoms. The van der Waals surface area contributed by atoms with Crippen molar-refractivity contribution < 1.29 is 19.3 Å². The van der Waals surface area contributed by atoms with Crippen molar-refractivity contribution in [3.05, 3.63) is 54.9 Å². The minimum Gasteiger partial charge on any atom is -0.491 e. The summed E-state index contributed by atoms with van der Waals surface area (Å²) >= 11 is 0. The molecule has 0 radical (unpaired) electrons. The fourth-order valence-electron chi connectivity index (χ4n) is 3.96. The Hall–Kier alpha value is -3.20. The molecule has 1 aromatic carbocycles. The van der Waals surface area contributed by atoms with Gasteiger partial charge in [-0.15, -0.1) is 0 Å². The minimum absolute atomic E-state index is 0.250. The van der Waals surface area contributed by atoms with E-state index < -0.39 is 6.10 Å². The molecule has 5 rings (SSSR count). The second-order valence-corrected chi connectivity index (χ2v) is 7.82. The first-order valence-corrected chi connectivity index (χ1v) is 10.8. The van der Waals surface area contributed by atoms with Gasteiger partial charge < -0.3 is 24.6 Å². The lowest BCUT2D eigenvalue weighted by Crippen LogP contribution is -2.46. The summed E-state index contributed by atoms with van der Waals surface area (Å²) in [7, 11) is 1.65. The molecule has 1 fully saturated rings. The van der Waals surface area contributed by atoms with Crippen molar-refractivity contribution in [2.75, 3.05) is 33.4 Å². The number of para-hydroxylation sites is 1. The Morgan fingerprint density at radius 1 is 1.19 bits per heavy atom. The zero-order chi connectivity index (χ0) is 21.9. The van der Waals surface area contributed by atoms with Gasteiger partial charge in [0.2, 0.25) is 0 Å². The van der Waals surface area contributed by atoms with Crippen LogP contribution in [0.25, 0.3) is 27.9 Å². The zero-order valence-corrected chi connectivity index (χ0v) is 17.9. The molecule has 0 spiro atoms. The van der Waals surface area contributed by atoms with Crippen molar-refractivity contribution in [1.29, 1.82) is 0 Å². The van der Waals surface area contributed by atoms with E-state index in [9.17, 15) is 5.11 Å². The van der Waals surface area contributed by atoms with Gasteiger partial charge in [0.25, 0.3) is 0 Å². The lowest BCUT2D eigenvalue weighted by Gasteiger charge is -2.29. The van der Waals surface area contributed by atoms with Crippen molar-refractivity contribution >= 4 is 16.6 Å². The monoisotopic (exact) mass is 434 g/mol. The number of nitrogens with one attached hydrogen (secondary N) is 1. The number of fused-ring (bicyclic) bond motifs is 2. The predicted molar refractivity (Wildman–Crippen MR) is 121 cm³/mol. The van der Waals surface area contributed by atoms with Gasteiger partial charge in [0.1, 0.15) is 41.5 Å². The predicted octanol–water partition coefficient (Wildman–Crippen LogP) is 2.68. The fourth-order valence-corrected chi connectivity index (χ4v) is 3.96. The third-order valence-electron chi connectivity index (χ3n) is 5.65. The third kappa shape index (κ3) is 4.12. The molecule has 2 N–H and O–H groups in total. The van der Waals surface area contributed by atoms with Crippen LogP contribution in [0.4, 0.5) is 0 Å². The molecule has 2 atom stereocenters. The van der Waals surface area contributed by atoms with E-state index in [0.29, 0.717) is 25.5 Å². The summed E-state index contributed by atoms with van der Waals surface area (Å²) in [6, 6.07) is 13.7. The third-order valence-corrected chi connectivity index (χ3v) is 5.65. The van der Waals surface area contributed by atoms with Crippen LogP contribution >= 0.6 is 0 Å². The standard InChI is InChI=1S/C24H26N4O4/c1-30-11-12-31-17-8-10-28-19(14-26-23(28)13-17)18-6-5-16-3-2-4-22(24(16)27-18)32-21-7-9-25-15-20(21)29/h2-6,8,10,13-14,20-21,25,29H,7,9,11-12,15H2,1H3/t20-,21-/m0/s1. The number of hydrogen-bond acceptors (Lipinski definition) is 7. The average Bonchev–Trinajstić information content (AvgIpc) is 3.24. The van der Waals surface area contributed by atoms with Crippen LogP contribution in [0.15, 0.2) is 54.9 Å². The van der Waals surface area contributed by atoms with Gasteiger partial charge in [0.15, 0.2) is 0 Å². The van der Waals surface area contributed by atoms with E-state index in [4.69, 9.17) is 19.2 Å². The zero-order valence-electron chi connectivity index (χ0n) is 17.9. The van der Waals surface area contributed by atoms with Crippen LogP contribution in [-0.4, -0.2) is 65.1 Å². The van der Waals surface area contributed by atoms with E-state index in [-0.39, 0.29) is 6.10 Å². The largest absolute Gasteiger partial charge is 0.491 e. The molecule has 166 valence electrons. The molecule has 0 aliphatic carbocycles. The summed E-state index contributed by atoms with van der Waals surface area (Å²) in [6.45, 7) is 2.38. The highest BCUT2D eigenvalue weighted by Crippen LogP contribution is 2.30. The first-order chi connectivity index (χ1) is 15.7. The Balaban J connectivity index is 1.47. The molecule has 1 aliphatic rings. The van der Waals surface area contributed by atoms with Crippen LogP contribution in [0.5, 0.6) is 11.5 Å². The van der Waals surface area contributed by atoms with Crippen molar-refractivity contribution in [2.24, 2.45) is 0 Å². The number of benzene rings is 1. The normalized spacial score (nSPS) is 18.8. The fraction of sp³-hybridized carbons (Fsp3) is 0.333. The van der Waals surface area contributed by atoms with Crippen LogP contribution in [0.1, 0.15) is 6.42 Å². The second kappa shape index (κ2) is 9.12. The Bertz CT molecular complexity index is 1230. The van der Waals surface area contributed by atoms with E-state index in [1.54, 1.807) is 7.11 Å². The molecule has 3 aromatic heterocycles. The number of nitrogens with zero attached hydrogens (tertiary/aromatic N) is 3. The maximum absolute atomic E-state index is 10.3. The summed E-state index contributed by atoms with van der Waals surface area (Å²) < 4.78 is 18.9. The number of methoxy groups -OCH3 is 1. The molecule has 32 heavy (non-hydrogen) atoms. The van der Waals surface area contributed by atoms with Crippen LogP contribution in [0, 0.1) is 0 Å². The number of aliphatic hydroxyl groups excluding tert-OH is 1. The van der Waals surface area contributed by atoms with Gasteiger partial charge in [-0.3, -0.25) is 4.40 Å². The van der Waals surface area contributed by atoms with Crippen molar-refractivity contribution in [2.45, 2.75) is 18.6 Å². The summed E-state index contributed by atoms with van der Waals surface area (Å²) in [5, 5.41) is 14.4. The number of ether oxygens (including phenoxy) is 3. The van der Waals surface area contributed by atoms with Gasteiger partial charge in [-0.05, 0) is 31.2 Å². The number of hydrogen-bond donors (Lipinski definition) is 2. The topological polar surface area (TPSA) is 90.1 Å². The van der Waals surface area contributed by atoms with E-state index in [0.717, 1.165) is 46.7 Å². The van der Waals surface area contributed by atoms with Crippen LogP contribution in [0.2, 0.25) is 0 Å². The SMILES string of the molecule is COCCOc1ccn2c(-c3ccc4cccc(O[C@H]5CCNC[C@@H]5O)c4n3)cnc2c1. The number of aliphatic hydroxyl groups is 1. The van der Waals surface area contributed by atoms with E-state index in [1.165, 1.54) is 0 Å². The lowest BCUT2D eigenvalue weighted by molar-refractivity contribution is 0.0170. The quantitative estimate of drug-likeness (QED) is 0.432. The Morgan fingerprint density at radius 3 is 3.00 bits per heavy atom. The Labute approximate surface area is 185 Å². The molecule has 0 unspecified atom stereocenters. The van der Waals surface area contributed by atoms with Crippen LogP contribution < -0.4 is 14.8 Å². The number of aromatic nitrogens is 3. The molecule has 0 bridgehead atoms. The second-order valence-electron chi connectivity index (χ2n) is 7.82. The van der Waals surface area contributed by atoms with Gasteiger partial charge in [0, 0.05) is 31.3 Å². The molecule has 1 saturated heterocycles. The van der Waals surface area contributed by atoms with Crippen molar-refractivity contribution in [1.82, 2.24) is 19.7 Å². The van der Waals surface area contributed by atoms with Gasteiger partial charge in [-0.25, -0.2) is 9.97 Å². The van der Waals surface area contributed by atoms with Crippen LogP contribution in [0.3, 0.4) is 0 Å². The summed E-state index contributed by atoms with van der Waals surface area (Å²) in [5.41, 5.74) is 3.21. The average molecular weight is 434 g/mol. The van der Waals surface area contributed by atoms with Crippen LogP contribution in [-0.2, 0) is 4.74 Å². The molecule has 0 saturated carbocycles. The van der Waals surface area contributed by atoms with E-state index in [2.05, 4.69) is 10.3 Å². The molecule has 4 aromatic rings. The molecule has 4 heterocycles. The van der Waals surface area contributed by atoms with Crippen molar-refractivity contribution in [3.8, 4) is 22.9 Å². The number of pyridine rings is 2. The van der Waals surface area contributed by atoms with Gasteiger partial charge in [-0.2, -0.15) is 0 Å². The molecule has 1 aliphatic heterocycles. The highest BCUT2D eigenvalue weighted by molar-refractivity contribution is 5.86. The highest BCUT2D eigenvalue weighted by atomic mass is 16.5. The molecular weight excluding hydrogens is 408 g/mol. The van der Waals surface area contributed by atoms with E-state index in [1.807, 2.05) is 59.3 Å². The number of imidazole rings is 1. The lowest BCUT2D eigenvalue weighted by atomic mass is 10.1. The minimum atomic E-state index is -0.540. The van der Waals surface area contributed by atoms with E-state index >= 15 is 0 Å². The summed E-state index contributed by atoms with van der Waals surface area (Å²) in [4.78, 5) is 9.44.